The highest BCUT2D eigenvalue weighted by atomic mass is 16.5. The molecule has 0 saturated carbocycles. The number of nitrogens with zero attached hydrogens (tertiary/aromatic N) is 3. The van der Waals surface area contributed by atoms with Crippen LogP contribution in [0.1, 0.15) is 54.6 Å². The fraction of sp³-hybridized carbons (Fsp3) is 0.550. The van der Waals surface area contributed by atoms with Gasteiger partial charge in [-0.25, -0.2) is 0 Å². The highest BCUT2D eigenvalue weighted by molar-refractivity contribution is 5.50. The monoisotopic (exact) mass is 342 g/mol. The van der Waals surface area contributed by atoms with Crippen molar-refractivity contribution in [2.75, 3.05) is 25.6 Å². The first kappa shape index (κ1) is 17.8. The fourth-order valence-corrected chi connectivity index (χ4v) is 3.79. The van der Waals surface area contributed by atoms with Crippen LogP contribution in [0.2, 0.25) is 0 Å². The Labute approximate surface area is 151 Å². The van der Waals surface area contributed by atoms with E-state index in [2.05, 4.69) is 63.3 Å². The number of benzene rings is 1. The van der Waals surface area contributed by atoms with Crippen LogP contribution in [0.4, 0.5) is 5.82 Å². The molecule has 1 aliphatic heterocycles. The van der Waals surface area contributed by atoms with Gasteiger partial charge in [-0.15, -0.1) is 0 Å². The molecule has 0 radical (unpaired) electrons. The molecule has 0 amide bonds. The predicted octanol–water partition coefficient (Wildman–Crippen LogP) is 3.53. The zero-order valence-corrected chi connectivity index (χ0v) is 16.3. The van der Waals surface area contributed by atoms with E-state index >= 15 is 0 Å². The van der Waals surface area contributed by atoms with Crippen molar-refractivity contribution >= 4 is 5.82 Å². The van der Waals surface area contributed by atoms with E-state index in [4.69, 9.17) is 9.84 Å². The van der Waals surface area contributed by atoms with Gasteiger partial charge in [0, 0.05) is 51.3 Å². The maximum atomic E-state index is 5.90. The van der Waals surface area contributed by atoms with Crippen molar-refractivity contribution in [3.8, 4) is 5.75 Å². The van der Waals surface area contributed by atoms with E-state index in [1.807, 2.05) is 11.7 Å². The van der Waals surface area contributed by atoms with Crippen LogP contribution < -0.4 is 15.0 Å². The molecule has 0 saturated heterocycles. The number of nitrogens with one attached hydrogen (secondary N) is 1. The Bertz CT molecular complexity index is 748. The maximum Gasteiger partial charge on any atom is 0.130 e. The summed E-state index contributed by atoms with van der Waals surface area (Å²) < 4.78 is 7.89. The first-order chi connectivity index (χ1) is 11.9. The normalized spacial score (nSPS) is 16.7. The lowest BCUT2D eigenvalue weighted by Crippen LogP contribution is -2.28. The molecular formula is C20H30N4O. The Kier molecular flexibility index (Phi) is 5.04. The fourth-order valence-electron chi connectivity index (χ4n) is 3.79. The second-order valence-electron chi connectivity index (χ2n) is 7.42. The molecule has 5 heteroatoms. The number of para-hydroxylation sites is 1. The number of ether oxygens (including phenoxy) is 1. The van der Waals surface area contributed by atoms with E-state index in [1.54, 1.807) is 0 Å². The van der Waals surface area contributed by atoms with E-state index in [0.29, 0.717) is 12.0 Å². The quantitative estimate of drug-likeness (QED) is 0.903. The van der Waals surface area contributed by atoms with Crippen molar-refractivity contribution < 1.29 is 4.74 Å². The Morgan fingerprint density at radius 3 is 2.80 bits per heavy atom. The smallest absolute Gasteiger partial charge is 0.130 e. The summed E-state index contributed by atoms with van der Waals surface area (Å²) >= 11 is 0. The molecule has 5 nitrogen and oxygen atoms in total. The summed E-state index contributed by atoms with van der Waals surface area (Å²) in [6, 6.07) is 6.73. The third-order valence-corrected chi connectivity index (χ3v) is 4.91. The van der Waals surface area contributed by atoms with Gasteiger partial charge in [-0.05, 0) is 18.4 Å². The SMILES string of the molecule is Cc1cccc2c1OCC[C@H]2NCc1c(C(C)C)nn(C)c1N(C)C. The molecule has 25 heavy (non-hydrogen) atoms. The first-order valence-corrected chi connectivity index (χ1v) is 9.09. The van der Waals surface area contributed by atoms with Gasteiger partial charge in [-0.1, -0.05) is 32.0 Å². The lowest BCUT2D eigenvalue weighted by molar-refractivity contribution is 0.250. The van der Waals surface area contributed by atoms with E-state index < -0.39 is 0 Å². The van der Waals surface area contributed by atoms with Gasteiger partial charge in [0.2, 0.25) is 0 Å². The van der Waals surface area contributed by atoms with Gasteiger partial charge < -0.3 is 15.0 Å². The summed E-state index contributed by atoms with van der Waals surface area (Å²) in [5.41, 5.74) is 4.95. The molecule has 2 aromatic rings. The van der Waals surface area contributed by atoms with Crippen molar-refractivity contribution in [3.05, 3.63) is 40.6 Å². The molecule has 0 fully saturated rings. The third kappa shape index (κ3) is 3.38. The minimum Gasteiger partial charge on any atom is -0.493 e. The van der Waals surface area contributed by atoms with Crippen molar-refractivity contribution in [1.82, 2.24) is 15.1 Å². The highest BCUT2D eigenvalue weighted by Crippen LogP contribution is 2.35. The first-order valence-electron chi connectivity index (χ1n) is 9.09. The molecule has 1 N–H and O–H groups in total. The number of hydrogen-bond donors (Lipinski definition) is 1. The maximum absolute atomic E-state index is 5.90. The average molecular weight is 342 g/mol. The molecular weight excluding hydrogens is 312 g/mol. The Morgan fingerprint density at radius 1 is 1.36 bits per heavy atom. The topological polar surface area (TPSA) is 42.3 Å². The zero-order chi connectivity index (χ0) is 18.1. The van der Waals surface area contributed by atoms with E-state index in [9.17, 15) is 0 Å². The second kappa shape index (κ2) is 7.08. The molecule has 1 aromatic carbocycles. The summed E-state index contributed by atoms with van der Waals surface area (Å²) in [4.78, 5) is 2.15. The van der Waals surface area contributed by atoms with Gasteiger partial charge in [0.1, 0.15) is 11.6 Å². The number of rotatable bonds is 5. The molecule has 1 atom stereocenters. The molecule has 0 unspecified atom stereocenters. The van der Waals surface area contributed by atoms with E-state index in [-0.39, 0.29) is 0 Å². The zero-order valence-electron chi connectivity index (χ0n) is 16.3. The van der Waals surface area contributed by atoms with Crippen LogP contribution in [-0.4, -0.2) is 30.5 Å². The lowest BCUT2D eigenvalue weighted by atomic mass is 9.97. The summed E-state index contributed by atoms with van der Waals surface area (Å²) in [6.07, 6.45) is 0.991. The molecule has 0 bridgehead atoms. The Morgan fingerprint density at radius 2 is 2.12 bits per heavy atom. The summed E-state index contributed by atoms with van der Waals surface area (Å²) in [7, 11) is 6.19. The summed E-state index contributed by atoms with van der Waals surface area (Å²) in [5.74, 6) is 2.63. The number of hydrogen-bond acceptors (Lipinski definition) is 4. The average Bonchev–Trinajstić information content (AvgIpc) is 2.90. The van der Waals surface area contributed by atoms with Gasteiger partial charge in [0.15, 0.2) is 0 Å². The van der Waals surface area contributed by atoms with Crippen LogP contribution in [0.25, 0.3) is 0 Å². The minimum atomic E-state index is 0.318. The molecule has 1 aromatic heterocycles. The van der Waals surface area contributed by atoms with Crippen LogP contribution in [-0.2, 0) is 13.6 Å². The van der Waals surface area contributed by atoms with Crippen molar-refractivity contribution in [2.45, 2.75) is 45.7 Å². The van der Waals surface area contributed by atoms with Crippen molar-refractivity contribution in [1.29, 1.82) is 0 Å². The molecule has 0 spiro atoms. The van der Waals surface area contributed by atoms with Gasteiger partial charge in [-0.2, -0.15) is 5.10 Å². The van der Waals surface area contributed by atoms with Crippen molar-refractivity contribution in [3.63, 3.8) is 0 Å². The second-order valence-corrected chi connectivity index (χ2v) is 7.42. The van der Waals surface area contributed by atoms with Gasteiger partial charge in [0.25, 0.3) is 0 Å². The van der Waals surface area contributed by atoms with E-state index in [1.165, 1.54) is 28.2 Å². The largest absolute Gasteiger partial charge is 0.493 e. The van der Waals surface area contributed by atoms with Crippen LogP contribution in [0.15, 0.2) is 18.2 Å². The van der Waals surface area contributed by atoms with Gasteiger partial charge in [0.05, 0.1) is 12.3 Å². The lowest BCUT2D eigenvalue weighted by Gasteiger charge is -2.28. The van der Waals surface area contributed by atoms with Crippen LogP contribution in [0.3, 0.4) is 0 Å². The predicted molar refractivity (Wildman–Crippen MR) is 102 cm³/mol. The number of aromatic nitrogens is 2. The Hall–Kier alpha value is -2.01. The number of aryl methyl sites for hydroxylation is 2. The molecule has 0 aliphatic carbocycles. The molecule has 136 valence electrons. The van der Waals surface area contributed by atoms with Crippen LogP contribution in [0.5, 0.6) is 5.75 Å². The van der Waals surface area contributed by atoms with E-state index in [0.717, 1.165) is 25.3 Å². The molecule has 1 aliphatic rings. The number of fused-ring (bicyclic) bond motifs is 1. The van der Waals surface area contributed by atoms with Crippen molar-refractivity contribution in [2.24, 2.45) is 7.05 Å². The standard InChI is InChI=1S/C20H30N4O/c1-13(2)18-16(20(23(4)5)24(6)22-18)12-21-17-10-11-25-19-14(3)8-7-9-15(17)19/h7-9,13,17,21H,10-12H2,1-6H3/t17-/m1/s1. The number of anilines is 1. The minimum absolute atomic E-state index is 0.318. The van der Waals surface area contributed by atoms with Crippen LogP contribution in [0, 0.1) is 6.92 Å². The van der Waals surface area contributed by atoms with Gasteiger partial charge >= 0.3 is 0 Å². The highest BCUT2D eigenvalue weighted by Gasteiger charge is 2.25. The Balaban J connectivity index is 1.87. The summed E-state index contributed by atoms with van der Waals surface area (Å²) in [5, 5.41) is 8.53. The third-order valence-electron chi connectivity index (χ3n) is 4.91. The molecule has 3 rings (SSSR count). The van der Waals surface area contributed by atoms with Gasteiger partial charge in [-0.3, -0.25) is 4.68 Å². The molecule has 2 heterocycles. The summed E-state index contributed by atoms with van der Waals surface area (Å²) in [6.45, 7) is 8.10. The van der Waals surface area contributed by atoms with Crippen LogP contribution >= 0.6 is 0 Å².